The van der Waals surface area contributed by atoms with E-state index in [2.05, 4.69) is 22.1 Å². The molecule has 1 aliphatic carbocycles. The van der Waals surface area contributed by atoms with Crippen LogP contribution in [0.15, 0.2) is 12.7 Å². The molecule has 86 valence electrons. The van der Waals surface area contributed by atoms with Gasteiger partial charge in [-0.25, -0.2) is 4.98 Å². The first kappa shape index (κ1) is 9.53. The Hall–Kier alpha value is -1.49. The molecule has 0 spiro atoms. The molecular formula is C12H12N4S. The molecule has 0 fully saturated rings. The molecule has 3 heterocycles. The lowest BCUT2D eigenvalue weighted by Gasteiger charge is -2.18. The molecule has 0 radical (unpaired) electrons. The van der Waals surface area contributed by atoms with Gasteiger partial charge in [0.2, 0.25) is 0 Å². The summed E-state index contributed by atoms with van der Waals surface area (Å²) < 4.78 is 1.91. The van der Waals surface area contributed by atoms with E-state index in [0.717, 1.165) is 10.5 Å². The number of nitrogens with zero attached hydrogens (tertiary/aromatic N) is 4. The summed E-state index contributed by atoms with van der Waals surface area (Å²) in [5.74, 6) is 0.622. The first-order chi connectivity index (χ1) is 8.34. The predicted octanol–water partition coefficient (Wildman–Crippen LogP) is 2.78. The van der Waals surface area contributed by atoms with Gasteiger partial charge < -0.3 is 0 Å². The van der Waals surface area contributed by atoms with E-state index in [1.165, 1.54) is 35.1 Å². The van der Waals surface area contributed by atoms with Gasteiger partial charge in [0.1, 0.15) is 17.5 Å². The normalized spacial score (nSPS) is 19.9. The highest BCUT2D eigenvalue weighted by molar-refractivity contribution is 7.19. The summed E-state index contributed by atoms with van der Waals surface area (Å²) in [7, 11) is 0. The van der Waals surface area contributed by atoms with Gasteiger partial charge in [-0.3, -0.25) is 4.40 Å². The molecule has 0 amide bonds. The van der Waals surface area contributed by atoms with Gasteiger partial charge in [-0.1, -0.05) is 6.92 Å². The Morgan fingerprint density at radius 2 is 2.35 bits per heavy atom. The van der Waals surface area contributed by atoms with Crippen LogP contribution in [0.2, 0.25) is 0 Å². The van der Waals surface area contributed by atoms with Gasteiger partial charge in [0.15, 0.2) is 5.65 Å². The fourth-order valence-corrected chi connectivity index (χ4v) is 4.12. The summed E-state index contributed by atoms with van der Waals surface area (Å²) in [5, 5.41) is 9.46. The van der Waals surface area contributed by atoms with Gasteiger partial charge >= 0.3 is 0 Å². The van der Waals surface area contributed by atoms with Crippen LogP contribution in [0.3, 0.4) is 0 Å². The van der Waals surface area contributed by atoms with Crippen molar-refractivity contribution in [2.45, 2.75) is 32.1 Å². The van der Waals surface area contributed by atoms with Crippen molar-refractivity contribution in [3.05, 3.63) is 23.1 Å². The van der Waals surface area contributed by atoms with Gasteiger partial charge in [-0.05, 0) is 30.7 Å². The standard InChI is InChI=1S/C12H12N4S/c1-7-3-2-4-8-9(7)10-11-15-14-6-16(11)5-13-12(10)17-8/h5-7H,2-4H2,1H3. The van der Waals surface area contributed by atoms with Crippen LogP contribution >= 0.6 is 11.3 Å². The van der Waals surface area contributed by atoms with Crippen LogP contribution in [0.25, 0.3) is 15.9 Å². The fraction of sp³-hybridized carbons (Fsp3) is 0.417. The molecule has 1 unspecified atom stereocenters. The Morgan fingerprint density at radius 1 is 1.41 bits per heavy atom. The highest BCUT2D eigenvalue weighted by Gasteiger charge is 2.24. The van der Waals surface area contributed by atoms with Crippen molar-refractivity contribution in [1.29, 1.82) is 0 Å². The first-order valence-corrected chi connectivity index (χ1v) is 6.76. The number of fused-ring (bicyclic) bond motifs is 5. The van der Waals surface area contributed by atoms with Gasteiger partial charge in [0.25, 0.3) is 0 Å². The minimum Gasteiger partial charge on any atom is -0.271 e. The summed E-state index contributed by atoms with van der Waals surface area (Å²) in [5.41, 5.74) is 2.43. The van der Waals surface area contributed by atoms with E-state index in [9.17, 15) is 0 Å². The van der Waals surface area contributed by atoms with Gasteiger partial charge in [0.05, 0.1) is 5.39 Å². The summed E-state index contributed by atoms with van der Waals surface area (Å²) in [6, 6.07) is 0. The van der Waals surface area contributed by atoms with Crippen molar-refractivity contribution >= 4 is 27.2 Å². The fourth-order valence-electron chi connectivity index (χ4n) is 2.83. The predicted molar refractivity (Wildman–Crippen MR) is 67.5 cm³/mol. The second kappa shape index (κ2) is 3.26. The second-order valence-electron chi connectivity index (χ2n) is 4.72. The zero-order chi connectivity index (χ0) is 11.4. The van der Waals surface area contributed by atoms with E-state index >= 15 is 0 Å². The highest BCUT2D eigenvalue weighted by atomic mass is 32.1. The Balaban J connectivity index is 2.21. The van der Waals surface area contributed by atoms with E-state index in [4.69, 9.17) is 0 Å². The molecule has 4 nitrogen and oxygen atoms in total. The lowest BCUT2D eigenvalue weighted by atomic mass is 9.87. The summed E-state index contributed by atoms with van der Waals surface area (Å²) in [4.78, 5) is 7.14. The van der Waals surface area contributed by atoms with E-state index in [0.29, 0.717) is 5.92 Å². The van der Waals surface area contributed by atoms with Crippen molar-refractivity contribution in [2.75, 3.05) is 0 Å². The third-order valence-electron chi connectivity index (χ3n) is 3.63. The second-order valence-corrected chi connectivity index (χ2v) is 5.80. The zero-order valence-electron chi connectivity index (χ0n) is 9.55. The highest BCUT2D eigenvalue weighted by Crippen LogP contribution is 2.42. The average Bonchev–Trinajstić information content (AvgIpc) is 2.91. The van der Waals surface area contributed by atoms with Crippen molar-refractivity contribution in [1.82, 2.24) is 19.6 Å². The third-order valence-corrected chi connectivity index (χ3v) is 4.81. The maximum absolute atomic E-state index is 4.52. The molecule has 4 rings (SSSR count). The molecule has 17 heavy (non-hydrogen) atoms. The van der Waals surface area contributed by atoms with E-state index < -0.39 is 0 Å². The Labute approximate surface area is 102 Å². The number of rotatable bonds is 0. The monoisotopic (exact) mass is 244 g/mol. The van der Waals surface area contributed by atoms with Crippen LogP contribution in [-0.2, 0) is 6.42 Å². The Morgan fingerprint density at radius 3 is 3.29 bits per heavy atom. The van der Waals surface area contributed by atoms with E-state index in [1.807, 2.05) is 22.1 Å². The van der Waals surface area contributed by atoms with E-state index in [-0.39, 0.29) is 0 Å². The minimum atomic E-state index is 0.622. The van der Waals surface area contributed by atoms with Crippen LogP contribution in [0.4, 0.5) is 0 Å². The van der Waals surface area contributed by atoms with Gasteiger partial charge in [0, 0.05) is 4.88 Å². The number of thiophene rings is 1. The van der Waals surface area contributed by atoms with Crippen LogP contribution in [0, 0.1) is 0 Å². The van der Waals surface area contributed by atoms with Crippen LogP contribution < -0.4 is 0 Å². The first-order valence-electron chi connectivity index (χ1n) is 5.94. The molecule has 0 bridgehead atoms. The molecule has 0 aliphatic heterocycles. The number of hydrogen-bond acceptors (Lipinski definition) is 4. The van der Waals surface area contributed by atoms with Gasteiger partial charge in [-0.15, -0.1) is 21.5 Å². The number of aromatic nitrogens is 4. The molecule has 0 N–H and O–H groups in total. The largest absolute Gasteiger partial charge is 0.271 e. The zero-order valence-corrected chi connectivity index (χ0v) is 10.4. The smallest absolute Gasteiger partial charge is 0.172 e. The molecule has 3 aromatic rings. The quantitative estimate of drug-likeness (QED) is 0.610. The summed E-state index contributed by atoms with van der Waals surface area (Å²) in [6.07, 6.45) is 7.29. The van der Waals surface area contributed by atoms with E-state index in [1.54, 1.807) is 6.33 Å². The summed E-state index contributed by atoms with van der Waals surface area (Å²) >= 11 is 1.83. The van der Waals surface area contributed by atoms with Crippen LogP contribution in [0.1, 0.15) is 36.1 Å². The molecule has 1 atom stereocenters. The van der Waals surface area contributed by atoms with Crippen LogP contribution in [-0.4, -0.2) is 19.6 Å². The molecule has 3 aromatic heterocycles. The maximum atomic E-state index is 4.52. The molecule has 0 aromatic carbocycles. The van der Waals surface area contributed by atoms with Crippen molar-refractivity contribution < 1.29 is 0 Å². The van der Waals surface area contributed by atoms with Crippen molar-refractivity contribution in [2.24, 2.45) is 0 Å². The third kappa shape index (κ3) is 1.20. The minimum absolute atomic E-state index is 0.622. The van der Waals surface area contributed by atoms with Crippen LogP contribution in [0.5, 0.6) is 0 Å². The lowest BCUT2D eigenvalue weighted by Crippen LogP contribution is -2.04. The molecule has 5 heteroatoms. The SMILES string of the molecule is CC1CCCc2sc3ncn4cnnc4c3c21. The Bertz CT molecular complexity index is 712. The maximum Gasteiger partial charge on any atom is 0.172 e. The molecule has 0 saturated carbocycles. The molecule has 0 saturated heterocycles. The number of hydrogen-bond donors (Lipinski definition) is 0. The van der Waals surface area contributed by atoms with Gasteiger partial charge in [-0.2, -0.15) is 0 Å². The topological polar surface area (TPSA) is 43.1 Å². The van der Waals surface area contributed by atoms with Crippen molar-refractivity contribution in [3.63, 3.8) is 0 Å². The van der Waals surface area contributed by atoms with Crippen molar-refractivity contribution in [3.8, 4) is 0 Å². The summed E-state index contributed by atoms with van der Waals surface area (Å²) in [6.45, 7) is 2.31. The molecular weight excluding hydrogens is 232 g/mol. The lowest BCUT2D eigenvalue weighted by molar-refractivity contribution is 0.602. The average molecular weight is 244 g/mol. The number of aryl methyl sites for hydroxylation is 1. The molecule has 1 aliphatic rings. The Kier molecular flexibility index (Phi) is 1.83.